The molecule has 0 nitrogen and oxygen atoms in total. The Morgan fingerprint density at radius 2 is 2.46 bits per heavy atom. The average Bonchev–Trinajstić information content (AvgIpc) is 2.58. The standard InChI is InChI=1S/C12H10F/c13-9-3-5-11-8-7-10-4-1-2-6-12(10)11/h1-5,7-8,11H,9H2/b5-3+. The molecule has 0 fully saturated rings. The molecular formula is C12H10F. The third kappa shape index (κ3) is 1.55. The molecule has 1 aliphatic rings. The van der Waals surface area contributed by atoms with E-state index >= 15 is 0 Å². The maximum absolute atomic E-state index is 11.9. The topological polar surface area (TPSA) is 0 Å². The number of benzene rings is 1. The summed E-state index contributed by atoms with van der Waals surface area (Å²) in [7, 11) is 0. The van der Waals surface area contributed by atoms with Gasteiger partial charge in [0.2, 0.25) is 0 Å². The summed E-state index contributed by atoms with van der Waals surface area (Å²) in [5, 5.41) is 0. The second-order valence-electron chi connectivity index (χ2n) is 3.01. The van der Waals surface area contributed by atoms with Crippen LogP contribution in [-0.4, -0.2) is 6.67 Å². The first kappa shape index (κ1) is 8.24. The molecule has 0 aliphatic heterocycles. The molecule has 0 bridgehead atoms. The maximum Gasteiger partial charge on any atom is 0.108 e. The minimum Gasteiger partial charge on any atom is -0.247 e. The molecule has 0 saturated heterocycles. The van der Waals surface area contributed by atoms with Gasteiger partial charge in [-0.25, -0.2) is 4.39 Å². The molecule has 1 radical (unpaired) electrons. The van der Waals surface area contributed by atoms with Gasteiger partial charge in [-0.1, -0.05) is 42.5 Å². The predicted molar refractivity (Wildman–Crippen MR) is 52.2 cm³/mol. The molecule has 1 heteroatoms. The molecule has 65 valence electrons. The minimum absolute atomic E-state index is 0.215. The third-order valence-corrected chi connectivity index (χ3v) is 2.17. The highest BCUT2D eigenvalue weighted by Gasteiger charge is 2.13. The van der Waals surface area contributed by atoms with Crippen LogP contribution >= 0.6 is 0 Å². The quantitative estimate of drug-likeness (QED) is 0.603. The third-order valence-electron chi connectivity index (χ3n) is 2.17. The van der Waals surface area contributed by atoms with Gasteiger partial charge in [0.1, 0.15) is 6.67 Å². The molecule has 1 atom stereocenters. The number of alkyl halides is 1. The van der Waals surface area contributed by atoms with Crippen molar-refractivity contribution in [1.29, 1.82) is 0 Å². The highest BCUT2D eigenvalue weighted by Crippen LogP contribution is 2.29. The molecule has 0 N–H and O–H groups in total. The van der Waals surface area contributed by atoms with E-state index in [1.807, 2.05) is 24.3 Å². The van der Waals surface area contributed by atoms with E-state index in [0.717, 1.165) is 5.56 Å². The van der Waals surface area contributed by atoms with Crippen LogP contribution in [0.5, 0.6) is 0 Å². The zero-order chi connectivity index (χ0) is 9.10. The van der Waals surface area contributed by atoms with Gasteiger partial charge >= 0.3 is 0 Å². The molecule has 1 aromatic rings. The number of fused-ring (bicyclic) bond motifs is 1. The molecule has 13 heavy (non-hydrogen) atoms. The molecule has 2 rings (SSSR count). The van der Waals surface area contributed by atoms with Gasteiger partial charge in [0.05, 0.1) is 0 Å². The summed E-state index contributed by atoms with van der Waals surface area (Å²) < 4.78 is 11.9. The Morgan fingerprint density at radius 3 is 3.31 bits per heavy atom. The Balaban J connectivity index is 2.28. The highest BCUT2D eigenvalue weighted by molar-refractivity contribution is 5.63. The molecule has 1 aliphatic carbocycles. The highest BCUT2D eigenvalue weighted by atomic mass is 19.1. The van der Waals surface area contributed by atoms with Crippen molar-refractivity contribution in [2.45, 2.75) is 5.92 Å². The molecule has 0 saturated carbocycles. The van der Waals surface area contributed by atoms with Gasteiger partial charge in [-0.15, -0.1) is 0 Å². The van der Waals surface area contributed by atoms with Gasteiger partial charge in [-0.3, -0.25) is 0 Å². The molecule has 0 spiro atoms. The van der Waals surface area contributed by atoms with Crippen molar-refractivity contribution in [3.63, 3.8) is 0 Å². The Morgan fingerprint density at radius 1 is 1.54 bits per heavy atom. The monoisotopic (exact) mass is 173 g/mol. The van der Waals surface area contributed by atoms with E-state index in [1.54, 1.807) is 6.08 Å². The van der Waals surface area contributed by atoms with Crippen molar-refractivity contribution >= 4 is 6.08 Å². The maximum atomic E-state index is 11.9. The number of allylic oxidation sites excluding steroid dienone is 3. The zero-order valence-electron chi connectivity index (χ0n) is 7.20. The van der Waals surface area contributed by atoms with Gasteiger partial charge in [0.15, 0.2) is 0 Å². The van der Waals surface area contributed by atoms with E-state index in [-0.39, 0.29) is 5.92 Å². The molecule has 0 heterocycles. The smallest absolute Gasteiger partial charge is 0.108 e. The fraction of sp³-hybridized carbons (Fsp3) is 0.167. The molecule has 0 aromatic heterocycles. The summed E-state index contributed by atoms with van der Waals surface area (Å²) in [5.41, 5.74) is 2.34. The average molecular weight is 173 g/mol. The Kier molecular flexibility index (Phi) is 2.26. The van der Waals surface area contributed by atoms with E-state index in [0.29, 0.717) is 0 Å². The van der Waals surface area contributed by atoms with E-state index in [2.05, 4.69) is 18.2 Å². The van der Waals surface area contributed by atoms with Crippen LogP contribution in [0.25, 0.3) is 6.08 Å². The van der Waals surface area contributed by atoms with Crippen LogP contribution in [0.15, 0.2) is 36.4 Å². The summed E-state index contributed by atoms with van der Waals surface area (Å²) >= 11 is 0. The molecular weight excluding hydrogens is 163 g/mol. The Labute approximate surface area is 77.4 Å². The summed E-state index contributed by atoms with van der Waals surface area (Å²) in [4.78, 5) is 0. The SMILES string of the molecule is FC/C=C/C1C=Cc2ccc[c]c21. The molecule has 0 amide bonds. The first-order valence-corrected chi connectivity index (χ1v) is 4.33. The van der Waals surface area contributed by atoms with Gasteiger partial charge in [-0.05, 0) is 17.2 Å². The number of hydrogen-bond acceptors (Lipinski definition) is 0. The van der Waals surface area contributed by atoms with E-state index in [1.165, 1.54) is 5.56 Å². The van der Waals surface area contributed by atoms with Crippen LogP contribution in [0.1, 0.15) is 17.0 Å². The number of halogens is 1. The van der Waals surface area contributed by atoms with E-state index in [9.17, 15) is 4.39 Å². The van der Waals surface area contributed by atoms with Crippen molar-refractivity contribution in [3.8, 4) is 0 Å². The van der Waals surface area contributed by atoms with Gasteiger partial charge < -0.3 is 0 Å². The van der Waals surface area contributed by atoms with Gasteiger partial charge in [-0.2, -0.15) is 0 Å². The minimum atomic E-state index is -0.396. The van der Waals surface area contributed by atoms with Crippen LogP contribution < -0.4 is 0 Å². The van der Waals surface area contributed by atoms with Crippen LogP contribution in [-0.2, 0) is 0 Å². The number of hydrogen-bond donors (Lipinski definition) is 0. The van der Waals surface area contributed by atoms with Crippen molar-refractivity contribution in [1.82, 2.24) is 0 Å². The first-order chi connectivity index (χ1) is 6.42. The van der Waals surface area contributed by atoms with Crippen LogP contribution in [0.2, 0.25) is 0 Å². The normalized spacial score (nSPS) is 19.6. The number of rotatable bonds is 2. The summed E-state index contributed by atoms with van der Waals surface area (Å²) in [6.07, 6.45) is 7.54. The molecule has 1 unspecified atom stereocenters. The lowest BCUT2D eigenvalue weighted by Crippen LogP contribution is -1.88. The van der Waals surface area contributed by atoms with Crippen LogP contribution in [0, 0.1) is 6.07 Å². The van der Waals surface area contributed by atoms with E-state index in [4.69, 9.17) is 0 Å². The second-order valence-corrected chi connectivity index (χ2v) is 3.01. The summed E-state index contributed by atoms with van der Waals surface area (Å²) in [6, 6.07) is 9.07. The fourth-order valence-electron chi connectivity index (χ4n) is 1.56. The lowest BCUT2D eigenvalue weighted by atomic mass is 10.0. The summed E-state index contributed by atoms with van der Waals surface area (Å²) in [5.74, 6) is 0.215. The van der Waals surface area contributed by atoms with Crippen molar-refractivity contribution in [3.05, 3.63) is 53.6 Å². The first-order valence-electron chi connectivity index (χ1n) is 4.33. The van der Waals surface area contributed by atoms with Crippen molar-refractivity contribution in [2.24, 2.45) is 0 Å². The predicted octanol–water partition coefficient (Wildman–Crippen LogP) is 3.12. The Hall–Kier alpha value is -1.37. The second kappa shape index (κ2) is 3.56. The lowest BCUT2D eigenvalue weighted by molar-refractivity contribution is 0.560. The zero-order valence-corrected chi connectivity index (χ0v) is 7.20. The van der Waals surface area contributed by atoms with E-state index < -0.39 is 6.67 Å². The van der Waals surface area contributed by atoms with Crippen LogP contribution in [0.3, 0.4) is 0 Å². The molecule has 1 aromatic carbocycles. The van der Waals surface area contributed by atoms with Crippen molar-refractivity contribution in [2.75, 3.05) is 6.67 Å². The Bertz CT molecular complexity index is 350. The summed E-state index contributed by atoms with van der Waals surface area (Å²) in [6.45, 7) is -0.396. The fourth-order valence-corrected chi connectivity index (χ4v) is 1.56. The largest absolute Gasteiger partial charge is 0.247 e. The van der Waals surface area contributed by atoms with Gasteiger partial charge in [0.25, 0.3) is 0 Å². The van der Waals surface area contributed by atoms with Crippen LogP contribution in [0.4, 0.5) is 4.39 Å². The lowest BCUT2D eigenvalue weighted by Gasteiger charge is -2.03. The van der Waals surface area contributed by atoms with Gasteiger partial charge in [0, 0.05) is 5.92 Å². The van der Waals surface area contributed by atoms with Crippen molar-refractivity contribution < 1.29 is 4.39 Å².